The summed E-state index contributed by atoms with van der Waals surface area (Å²) in [6.45, 7) is 3.42. The number of rotatable bonds is 4. The van der Waals surface area contributed by atoms with Crippen LogP contribution in [0.3, 0.4) is 0 Å². The Balaban J connectivity index is 0.00000220. The lowest BCUT2D eigenvalue weighted by molar-refractivity contribution is -0.133. The van der Waals surface area contributed by atoms with Gasteiger partial charge in [-0.15, -0.1) is 12.4 Å². The van der Waals surface area contributed by atoms with Crippen molar-refractivity contribution in [3.8, 4) is 5.75 Å². The molecule has 118 valence electrons. The van der Waals surface area contributed by atoms with E-state index >= 15 is 0 Å². The van der Waals surface area contributed by atoms with Crippen molar-refractivity contribution in [2.24, 2.45) is 11.7 Å². The molecule has 1 saturated heterocycles. The SMILES string of the molecule is COc1ccc(CC2CCN(C(=O)[C@@H](C)N)CC2)cc1.Cl. The van der Waals surface area contributed by atoms with Crippen molar-refractivity contribution in [3.63, 3.8) is 0 Å². The molecule has 1 aromatic carbocycles. The highest BCUT2D eigenvalue weighted by Crippen LogP contribution is 2.23. The maximum Gasteiger partial charge on any atom is 0.239 e. The largest absolute Gasteiger partial charge is 0.497 e. The number of carbonyl (C=O) groups is 1. The summed E-state index contributed by atoms with van der Waals surface area (Å²) in [6.07, 6.45) is 3.19. The van der Waals surface area contributed by atoms with E-state index in [1.807, 2.05) is 17.0 Å². The number of nitrogens with zero attached hydrogens (tertiary/aromatic N) is 1. The molecule has 1 aromatic rings. The van der Waals surface area contributed by atoms with Gasteiger partial charge in [-0.1, -0.05) is 12.1 Å². The van der Waals surface area contributed by atoms with Crippen LogP contribution in [0.2, 0.25) is 0 Å². The lowest BCUT2D eigenvalue weighted by Crippen LogP contribution is -2.46. The van der Waals surface area contributed by atoms with Gasteiger partial charge in [0.05, 0.1) is 13.2 Å². The van der Waals surface area contributed by atoms with Crippen molar-refractivity contribution in [1.82, 2.24) is 4.90 Å². The summed E-state index contributed by atoms with van der Waals surface area (Å²) in [5, 5.41) is 0. The number of halogens is 1. The monoisotopic (exact) mass is 312 g/mol. The van der Waals surface area contributed by atoms with Crippen LogP contribution >= 0.6 is 12.4 Å². The van der Waals surface area contributed by atoms with Gasteiger partial charge in [0, 0.05) is 13.1 Å². The molecule has 1 fully saturated rings. The Morgan fingerprint density at radius 1 is 1.33 bits per heavy atom. The molecule has 1 heterocycles. The fourth-order valence-corrected chi connectivity index (χ4v) is 2.74. The van der Waals surface area contributed by atoms with Crippen molar-refractivity contribution in [2.45, 2.75) is 32.2 Å². The second-order valence-electron chi connectivity index (χ2n) is 5.61. The van der Waals surface area contributed by atoms with Crippen LogP contribution in [0, 0.1) is 5.92 Å². The predicted molar refractivity (Wildman–Crippen MR) is 86.9 cm³/mol. The second kappa shape index (κ2) is 8.25. The Hall–Kier alpha value is -1.26. The number of methoxy groups -OCH3 is 1. The molecule has 0 unspecified atom stereocenters. The van der Waals surface area contributed by atoms with Crippen LogP contribution < -0.4 is 10.5 Å². The van der Waals surface area contributed by atoms with Crippen molar-refractivity contribution in [3.05, 3.63) is 29.8 Å². The molecular weight excluding hydrogens is 288 g/mol. The fourth-order valence-electron chi connectivity index (χ4n) is 2.74. The van der Waals surface area contributed by atoms with Gasteiger partial charge in [0.25, 0.3) is 0 Å². The average molecular weight is 313 g/mol. The second-order valence-corrected chi connectivity index (χ2v) is 5.61. The zero-order valence-electron chi connectivity index (χ0n) is 12.7. The average Bonchev–Trinajstić information content (AvgIpc) is 2.48. The first-order chi connectivity index (χ1) is 9.60. The van der Waals surface area contributed by atoms with E-state index in [-0.39, 0.29) is 24.4 Å². The minimum atomic E-state index is -0.381. The van der Waals surface area contributed by atoms with E-state index in [0.29, 0.717) is 5.92 Å². The maximum atomic E-state index is 11.8. The highest BCUT2D eigenvalue weighted by atomic mass is 35.5. The van der Waals surface area contributed by atoms with Crippen LogP contribution in [0.5, 0.6) is 5.75 Å². The van der Waals surface area contributed by atoms with Gasteiger partial charge in [0.15, 0.2) is 0 Å². The Kier molecular flexibility index (Phi) is 6.99. The van der Waals surface area contributed by atoms with Gasteiger partial charge in [0.2, 0.25) is 5.91 Å². The van der Waals surface area contributed by atoms with E-state index in [9.17, 15) is 4.79 Å². The lowest BCUT2D eigenvalue weighted by Gasteiger charge is -2.33. The predicted octanol–water partition coefficient (Wildman–Crippen LogP) is 2.25. The number of carbonyl (C=O) groups excluding carboxylic acids is 1. The molecule has 4 nitrogen and oxygen atoms in total. The first-order valence-electron chi connectivity index (χ1n) is 7.27. The summed E-state index contributed by atoms with van der Waals surface area (Å²) in [7, 11) is 1.68. The maximum absolute atomic E-state index is 11.8. The molecule has 0 saturated carbocycles. The molecule has 21 heavy (non-hydrogen) atoms. The van der Waals surface area contributed by atoms with E-state index in [1.54, 1.807) is 14.0 Å². The molecule has 2 rings (SSSR count). The van der Waals surface area contributed by atoms with E-state index in [2.05, 4.69) is 12.1 Å². The number of nitrogens with two attached hydrogens (primary N) is 1. The molecule has 1 aliphatic rings. The fraction of sp³-hybridized carbons (Fsp3) is 0.562. The van der Waals surface area contributed by atoms with E-state index < -0.39 is 0 Å². The first-order valence-corrected chi connectivity index (χ1v) is 7.27. The summed E-state index contributed by atoms with van der Waals surface area (Å²) in [5.41, 5.74) is 6.99. The molecule has 1 atom stereocenters. The van der Waals surface area contributed by atoms with Gasteiger partial charge in [0.1, 0.15) is 5.75 Å². The summed E-state index contributed by atoms with van der Waals surface area (Å²) in [4.78, 5) is 13.7. The van der Waals surface area contributed by atoms with Gasteiger partial charge in [-0.2, -0.15) is 0 Å². The lowest BCUT2D eigenvalue weighted by atomic mass is 9.90. The van der Waals surface area contributed by atoms with Crippen LogP contribution in [-0.2, 0) is 11.2 Å². The summed E-state index contributed by atoms with van der Waals surface area (Å²) >= 11 is 0. The molecule has 1 aliphatic heterocycles. The van der Waals surface area contributed by atoms with Crippen LogP contribution in [0.4, 0.5) is 0 Å². The molecule has 1 amide bonds. The Labute approximate surface area is 133 Å². The van der Waals surface area contributed by atoms with Crippen molar-refractivity contribution < 1.29 is 9.53 Å². The Morgan fingerprint density at radius 2 is 1.90 bits per heavy atom. The number of ether oxygens (including phenoxy) is 1. The standard InChI is InChI=1S/C16H24N2O2.ClH/c1-12(17)16(19)18-9-7-14(8-10-18)11-13-3-5-15(20-2)6-4-13;/h3-6,12,14H,7-11,17H2,1-2H3;1H/t12-;/m1./s1. The quantitative estimate of drug-likeness (QED) is 0.927. The minimum absolute atomic E-state index is 0. The smallest absolute Gasteiger partial charge is 0.239 e. The highest BCUT2D eigenvalue weighted by molar-refractivity contribution is 5.85. The molecule has 0 radical (unpaired) electrons. The van der Waals surface area contributed by atoms with Crippen molar-refractivity contribution in [2.75, 3.05) is 20.2 Å². The number of piperidine rings is 1. The number of likely N-dealkylation sites (tertiary alicyclic amines) is 1. The third-order valence-corrected chi connectivity index (χ3v) is 4.00. The number of hydrogen-bond donors (Lipinski definition) is 1. The number of benzene rings is 1. The van der Waals surface area contributed by atoms with Crippen LogP contribution in [0.15, 0.2) is 24.3 Å². The van der Waals surface area contributed by atoms with Crippen molar-refractivity contribution >= 4 is 18.3 Å². The first kappa shape index (κ1) is 17.8. The molecule has 5 heteroatoms. The van der Waals surface area contributed by atoms with Gasteiger partial charge in [-0.05, 0) is 49.8 Å². The van der Waals surface area contributed by atoms with E-state index in [1.165, 1.54) is 5.56 Å². The van der Waals surface area contributed by atoms with Gasteiger partial charge in [-0.25, -0.2) is 0 Å². The number of hydrogen-bond acceptors (Lipinski definition) is 3. The van der Waals surface area contributed by atoms with Gasteiger partial charge >= 0.3 is 0 Å². The normalized spacial score (nSPS) is 17.0. The Bertz CT molecular complexity index is 440. The van der Waals surface area contributed by atoms with Gasteiger partial charge in [-0.3, -0.25) is 4.79 Å². The third-order valence-electron chi connectivity index (χ3n) is 4.00. The molecule has 2 N–H and O–H groups in total. The van der Waals surface area contributed by atoms with Crippen LogP contribution in [0.1, 0.15) is 25.3 Å². The van der Waals surface area contributed by atoms with E-state index in [4.69, 9.17) is 10.5 Å². The minimum Gasteiger partial charge on any atom is -0.497 e. The van der Waals surface area contributed by atoms with Gasteiger partial charge < -0.3 is 15.4 Å². The molecule has 0 aromatic heterocycles. The highest BCUT2D eigenvalue weighted by Gasteiger charge is 2.24. The summed E-state index contributed by atoms with van der Waals surface area (Å²) < 4.78 is 5.17. The molecule has 0 spiro atoms. The van der Waals surface area contributed by atoms with Crippen LogP contribution in [0.25, 0.3) is 0 Å². The van der Waals surface area contributed by atoms with Crippen molar-refractivity contribution in [1.29, 1.82) is 0 Å². The van der Waals surface area contributed by atoms with E-state index in [0.717, 1.165) is 38.1 Å². The number of amides is 1. The molecule has 0 aliphatic carbocycles. The zero-order chi connectivity index (χ0) is 14.5. The molecule has 0 bridgehead atoms. The summed E-state index contributed by atoms with van der Waals surface area (Å²) in [5.74, 6) is 1.62. The third kappa shape index (κ3) is 4.90. The topological polar surface area (TPSA) is 55.6 Å². The summed E-state index contributed by atoms with van der Waals surface area (Å²) in [6, 6.07) is 7.87. The molecular formula is C16H25ClN2O2. The zero-order valence-corrected chi connectivity index (χ0v) is 13.6. The van der Waals surface area contributed by atoms with Crippen LogP contribution in [-0.4, -0.2) is 37.0 Å². The Morgan fingerprint density at radius 3 is 2.38 bits per heavy atom.